The summed E-state index contributed by atoms with van der Waals surface area (Å²) in [4.78, 5) is 17.7. The van der Waals surface area contributed by atoms with Gasteiger partial charge in [0.2, 0.25) is 6.08 Å². The van der Waals surface area contributed by atoms with E-state index in [-0.39, 0.29) is 0 Å². The minimum atomic E-state index is 0.615. The molecule has 1 aromatic rings. The maximum atomic E-state index is 10.1. The number of carbonyl (C=O) groups excluding carboxylic acids is 1. The molecule has 1 fully saturated rings. The van der Waals surface area contributed by atoms with Crippen LogP contribution in [0.25, 0.3) is 0 Å². The lowest BCUT2D eigenvalue weighted by atomic mass is 9.99. The molecule has 0 aromatic carbocycles. The fraction of sp³-hybridized carbons (Fsp3) is 0.455. The second kappa shape index (κ2) is 4.16. The first-order chi connectivity index (χ1) is 6.90. The number of aromatic nitrogens is 1. The van der Waals surface area contributed by atoms with Crippen LogP contribution in [0.5, 0.6) is 0 Å². The van der Waals surface area contributed by atoms with E-state index in [1.165, 1.54) is 37.3 Å². The first-order valence-electron chi connectivity index (χ1n) is 4.93. The summed E-state index contributed by atoms with van der Waals surface area (Å²) in [5.41, 5.74) is 1.82. The highest BCUT2D eigenvalue weighted by atomic mass is 16.1. The Morgan fingerprint density at radius 3 is 2.86 bits per heavy atom. The van der Waals surface area contributed by atoms with E-state index in [1.54, 1.807) is 6.20 Å². The molecule has 2 rings (SSSR count). The summed E-state index contributed by atoms with van der Waals surface area (Å²) in [5.74, 6) is 0.615. The van der Waals surface area contributed by atoms with Crippen LogP contribution in [0.3, 0.4) is 0 Å². The molecule has 1 aromatic heterocycles. The zero-order valence-electron chi connectivity index (χ0n) is 7.94. The maximum Gasteiger partial charge on any atom is 0.240 e. The predicted molar refractivity (Wildman–Crippen MR) is 53.2 cm³/mol. The molecular formula is C11H12N2O. The van der Waals surface area contributed by atoms with Crippen molar-refractivity contribution in [3.05, 3.63) is 24.0 Å². The Morgan fingerprint density at radius 1 is 1.36 bits per heavy atom. The first-order valence-corrected chi connectivity index (χ1v) is 4.93. The van der Waals surface area contributed by atoms with Crippen molar-refractivity contribution in [3.8, 4) is 0 Å². The van der Waals surface area contributed by atoms with Crippen LogP contribution in [-0.2, 0) is 4.79 Å². The average Bonchev–Trinajstić information content (AvgIpc) is 2.71. The minimum absolute atomic E-state index is 0.615. The molecule has 0 radical (unpaired) electrons. The van der Waals surface area contributed by atoms with Gasteiger partial charge in [-0.1, -0.05) is 12.8 Å². The first kappa shape index (κ1) is 9.10. The number of pyridine rings is 1. The van der Waals surface area contributed by atoms with Crippen molar-refractivity contribution in [1.29, 1.82) is 0 Å². The Morgan fingerprint density at radius 2 is 2.14 bits per heavy atom. The third-order valence-corrected chi connectivity index (χ3v) is 2.75. The molecule has 0 N–H and O–H groups in total. The second-order valence-electron chi connectivity index (χ2n) is 3.66. The van der Waals surface area contributed by atoms with Crippen molar-refractivity contribution in [2.75, 3.05) is 0 Å². The third-order valence-electron chi connectivity index (χ3n) is 2.75. The molecule has 0 amide bonds. The molecular weight excluding hydrogens is 176 g/mol. The monoisotopic (exact) mass is 188 g/mol. The quantitative estimate of drug-likeness (QED) is 0.529. The highest BCUT2D eigenvalue weighted by molar-refractivity contribution is 5.48. The van der Waals surface area contributed by atoms with Gasteiger partial charge in [-0.15, -0.1) is 0 Å². The minimum Gasteiger partial charge on any atom is -0.262 e. The summed E-state index contributed by atoms with van der Waals surface area (Å²) < 4.78 is 0. The van der Waals surface area contributed by atoms with Gasteiger partial charge >= 0.3 is 0 Å². The van der Waals surface area contributed by atoms with Gasteiger partial charge in [-0.3, -0.25) is 4.98 Å². The molecule has 14 heavy (non-hydrogen) atoms. The van der Waals surface area contributed by atoms with Gasteiger partial charge in [0.05, 0.1) is 11.9 Å². The lowest BCUT2D eigenvalue weighted by molar-refractivity contribution is 0.565. The molecule has 0 saturated heterocycles. The summed E-state index contributed by atoms with van der Waals surface area (Å²) in [6.45, 7) is 0. The Bertz CT molecular complexity index is 363. The van der Waals surface area contributed by atoms with Gasteiger partial charge in [0.1, 0.15) is 0 Å². The predicted octanol–water partition coefficient (Wildman–Crippen LogP) is 2.71. The highest BCUT2D eigenvalue weighted by Gasteiger charge is 2.17. The Hall–Kier alpha value is -1.47. The number of hydrogen-bond acceptors (Lipinski definition) is 3. The molecule has 72 valence electrons. The SMILES string of the molecule is O=C=Nc1cncc(C2CCCC2)c1. The normalized spacial score (nSPS) is 16.6. The molecule has 3 heteroatoms. The number of rotatable bonds is 2. The zero-order chi connectivity index (χ0) is 9.80. The van der Waals surface area contributed by atoms with Gasteiger partial charge in [-0.2, -0.15) is 4.99 Å². The van der Waals surface area contributed by atoms with Gasteiger partial charge in [0.25, 0.3) is 0 Å². The number of aliphatic imine (C=N–C) groups is 1. The molecule has 0 unspecified atom stereocenters. The number of hydrogen-bond donors (Lipinski definition) is 0. The van der Waals surface area contributed by atoms with Crippen molar-refractivity contribution in [2.24, 2.45) is 4.99 Å². The fourth-order valence-electron chi connectivity index (χ4n) is 2.04. The average molecular weight is 188 g/mol. The lowest BCUT2D eigenvalue weighted by Gasteiger charge is -2.08. The summed E-state index contributed by atoms with van der Waals surface area (Å²) in [7, 11) is 0. The van der Waals surface area contributed by atoms with Gasteiger partial charge in [0.15, 0.2) is 0 Å². The van der Waals surface area contributed by atoms with Gasteiger partial charge in [-0.05, 0) is 30.4 Å². The van der Waals surface area contributed by atoms with E-state index in [9.17, 15) is 4.79 Å². The van der Waals surface area contributed by atoms with E-state index in [0.717, 1.165) is 0 Å². The van der Waals surface area contributed by atoms with Crippen LogP contribution in [0, 0.1) is 0 Å². The molecule has 0 spiro atoms. The highest BCUT2D eigenvalue weighted by Crippen LogP contribution is 2.34. The zero-order valence-corrected chi connectivity index (χ0v) is 7.94. The summed E-state index contributed by atoms with van der Waals surface area (Å²) in [5, 5.41) is 0. The third kappa shape index (κ3) is 1.88. The fourth-order valence-corrected chi connectivity index (χ4v) is 2.04. The van der Waals surface area contributed by atoms with E-state index < -0.39 is 0 Å². The topological polar surface area (TPSA) is 42.3 Å². The van der Waals surface area contributed by atoms with Crippen LogP contribution < -0.4 is 0 Å². The van der Waals surface area contributed by atoms with Crippen molar-refractivity contribution < 1.29 is 4.79 Å². The molecule has 1 saturated carbocycles. The molecule has 1 aliphatic carbocycles. The van der Waals surface area contributed by atoms with Crippen LogP contribution in [0.4, 0.5) is 5.69 Å². The number of isocyanates is 1. The van der Waals surface area contributed by atoms with Crippen molar-refractivity contribution >= 4 is 11.8 Å². The molecule has 1 aliphatic rings. The van der Waals surface area contributed by atoms with E-state index in [4.69, 9.17) is 0 Å². The summed E-state index contributed by atoms with van der Waals surface area (Å²) in [6, 6.07) is 1.94. The van der Waals surface area contributed by atoms with Crippen molar-refractivity contribution in [3.63, 3.8) is 0 Å². The van der Waals surface area contributed by atoms with E-state index >= 15 is 0 Å². The lowest BCUT2D eigenvalue weighted by Crippen LogP contribution is -1.92. The summed E-state index contributed by atoms with van der Waals surface area (Å²) >= 11 is 0. The Balaban J connectivity index is 2.24. The van der Waals surface area contributed by atoms with Gasteiger partial charge in [-0.25, -0.2) is 4.79 Å². The Labute approximate surface area is 82.9 Å². The van der Waals surface area contributed by atoms with Crippen molar-refractivity contribution in [1.82, 2.24) is 4.98 Å². The maximum absolute atomic E-state index is 10.1. The largest absolute Gasteiger partial charge is 0.262 e. The van der Waals surface area contributed by atoms with E-state index in [2.05, 4.69) is 9.98 Å². The summed E-state index contributed by atoms with van der Waals surface area (Å²) in [6.07, 6.45) is 10.1. The second-order valence-corrected chi connectivity index (χ2v) is 3.66. The van der Waals surface area contributed by atoms with Crippen LogP contribution in [-0.4, -0.2) is 11.1 Å². The van der Waals surface area contributed by atoms with Gasteiger partial charge in [0, 0.05) is 6.20 Å². The van der Waals surface area contributed by atoms with Crippen LogP contribution in [0.1, 0.15) is 37.2 Å². The molecule has 3 nitrogen and oxygen atoms in total. The van der Waals surface area contributed by atoms with Crippen LogP contribution >= 0.6 is 0 Å². The van der Waals surface area contributed by atoms with Crippen molar-refractivity contribution in [2.45, 2.75) is 31.6 Å². The molecule has 1 heterocycles. The molecule has 0 bridgehead atoms. The Kier molecular flexibility index (Phi) is 2.70. The van der Waals surface area contributed by atoms with Crippen LogP contribution in [0.15, 0.2) is 23.5 Å². The standard InChI is InChI=1S/C11H12N2O/c14-8-13-11-5-10(6-12-7-11)9-3-1-2-4-9/h5-7,9H,1-4H2. The number of nitrogens with zero attached hydrogens (tertiary/aromatic N) is 2. The molecule has 0 aliphatic heterocycles. The molecule has 0 atom stereocenters. The van der Waals surface area contributed by atoms with Crippen LogP contribution in [0.2, 0.25) is 0 Å². The van der Waals surface area contributed by atoms with Gasteiger partial charge < -0.3 is 0 Å². The van der Waals surface area contributed by atoms with E-state index in [0.29, 0.717) is 11.6 Å². The smallest absolute Gasteiger partial charge is 0.240 e. The van der Waals surface area contributed by atoms with E-state index in [1.807, 2.05) is 12.3 Å².